The molecule has 1 heterocycles. The van der Waals surface area contributed by atoms with Crippen LogP contribution in [-0.4, -0.2) is 0 Å². The largest absolute Gasteiger partial charge is 0.320 e. The molecule has 1 aromatic carbocycles. The topological polar surface area (TPSA) is 26.0 Å². The van der Waals surface area contributed by atoms with Crippen LogP contribution in [0, 0.1) is 5.82 Å². The number of hydrogen-bond acceptors (Lipinski definition) is 2. The molecule has 0 bridgehead atoms. The van der Waals surface area contributed by atoms with Crippen LogP contribution in [0.15, 0.2) is 35.9 Å². The van der Waals surface area contributed by atoms with Crippen LogP contribution in [-0.2, 0) is 0 Å². The molecule has 3 rings (SSSR count). The van der Waals surface area contributed by atoms with E-state index in [4.69, 9.17) is 5.73 Å². The molecule has 1 atom stereocenters. The van der Waals surface area contributed by atoms with Crippen LogP contribution in [0.1, 0.15) is 43.0 Å². The van der Waals surface area contributed by atoms with E-state index in [-0.39, 0.29) is 11.9 Å². The minimum atomic E-state index is -0.181. The molecule has 1 aliphatic rings. The normalized spacial score (nSPS) is 18.1. The van der Waals surface area contributed by atoms with Crippen molar-refractivity contribution in [1.29, 1.82) is 0 Å². The number of allylic oxidation sites excluding steroid dienone is 1. The Bertz CT molecular complexity index is 614. The van der Waals surface area contributed by atoms with Crippen molar-refractivity contribution in [2.75, 3.05) is 0 Å². The summed E-state index contributed by atoms with van der Waals surface area (Å²) in [6, 6.07) is 6.97. The highest BCUT2D eigenvalue weighted by atomic mass is 32.1. The van der Waals surface area contributed by atoms with Crippen molar-refractivity contribution in [3.05, 3.63) is 46.6 Å². The van der Waals surface area contributed by atoms with Gasteiger partial charge in [0.2, 0.25) is 0 Å². The molecule has 3 heteroatoms. The highest BCUT2D eigenvalue weighted by molar-refractivity contribution is 7.19. The molecule has 0 aliphatic heterocycles. The fourth-order valence-electron chi connectivity index (χ4n) is 2.69. The first-order valence-electron chi connectivity index (χ1n) is 6.87. The molecule has 0 amide bonds. The van der Waals surface area contributed by atoms with Gasteiger partial charge >= 0.3 is 0 Å². The van der Waals surface area contributed by atoms with Crippen LogP contribution in [0.4, 0.5) is 4.39 Å². The second kappa shape index (κ2) is 5.43. The van der Waals surface area contributed by atoms with Gasteiger partial charge in [-0.15, -0.1) is 11.3 Å². The van der Waals surface area contributed by atoms with Gasteiger partial charge < -0.3 is 5.73 Å². The molecule has 0 saturated heterocycles. The zero-order valence-corrected chi connectivity index (χ0v) is 11.7. The lowest BCUT2D eigenvalue weighted by molar-refractivity contribution is 0.630. The molecule has 0 spiro atoms. The molecule has 1 nitrogen and oxygen atoms in total. The van der Waals surface area contributed by atoms with Gasteiger partial charge in [-0.1, -0.05) is 18.1 Å². The predicted molar refractivity (Wildman–Crippen MR) is 79.9 cm³/mol. The first-order chi connectivity index (χ1) is 9.24. The average molecular weight is 275 g/mol. The van der Waals surface area contributed by atoms with Gasteiger partial charge in [-0.05, 0) is 55.3 Å². The lowest BCUT2D eigenvalue weighted by Crippen LogP contribution is -2.11. The first kappa shape index (κ1) is 12.8. The van der Waals surface area contributed by atoms with Gasteiger partial charge in [-0.25, -0.2) is 4.39 Å². The first-order valence-corrected chi connectivity index (χ1v) is 7.69. The van der Waals surface area contributed by atoms with E-state index in [0.29, 0.717) is 0 Å². The fourth-order valence-corrected chi connectivity index (χ4v) is 3.78. The van der Waals surface area contributed by atoms with Crippen LogP contribution < -0.4 is 5.73 Å². The number of halogens is 1. The third kappa shape index (κ3) is 2.72. The van der Waals surface area contributed by atoms with Crippen molar-refractivity contribution < 1.29 is 4.39 Å². The molecule has 2 aromatic rings. The Hall–Kier alpha value is -1.19. The zero-order chi connectivity index (χ0) is 13.2. The minimum Gasteiger partial charge on any atom is -0.320 e. The van der Waals surface area contributed by atoms with Gasteiger partial charge in [0.1, 0.15) is 5.82 Å². The molecule has 19 heavy (non-hydrogen) atoms. The number of hydrogen-bond donors (Lipinski definition) is 1. The van der Waals surface area contributed by atoms with Gasteiger partial charge in [0.05, 0.1) is 6.04 Å². The number of fused-ring (bicyclic) bond motifs is 1. The summed E-state index contributed by atoms with van der Waals surface area (Å²) in [6.07, 6.45) is 8.35. The lowest BCUT2D eigenvalue weighted by atomic mass is 10.0. The van der Waals surface area contributed by atoms with E-state index in [2.05, 4.69) is 6.08 Å². The van der Waals surface area contributed by atoms with Crippen molar-refractivity contribution in [2.45, 2.75) is 38.1 Å². The van der Waals surface area contributed by atoms with Gasteiger partial charge in [0.15, 0.2) is 0 Å². The maximum atomic E-state index is 13.2. The summed E-state index contributed by atoms with van der Waals surface area (Å²) >= 11 is 1.68. The molecule has 1 aliphatic carbocycles. The maximum Gasteiger partial charge on any atom is 0.123 e. The third-order valence-corrected chi connectivity index (χ3v) is 4.98. The highest BCUT2D eigenvalue weighted by Crippen LogP contribution is 2.34. The zero-order valence-electron chi connectivity index (χ0n) is 10.9. The molecule has 0 saturated carbocycles. The van der Waals surface area contributed by atoms with Crippen molar-refractivity contribution in [3.8, 4) is 0 Å². The number of thiophene rings is 1. The van der Waals surface area contributed by atoms with Crippen molar-refractivity contribution >= 4 is 21.4 Å². The molecule has 0 radical (unpaired) electrons. The van der Waals surface area contributed by atoms with E-state index in [9.17, 15) is 4.39 Å². The average Bonchev–Trinajstić information content (AvgIpc) is 2.64. The van der Waals surface area contributed by atoms with Crippen LogP contribution in [0.2, 0.25) is 0 Å². The summed E-state index contributed by atoms with van der Waals surface area (Å²) in [5, 5.41) is 0.963. The van der Waals surface area contributed by atoms with Gasteiger partial charge in [-0.3, -0.25) is 0 Å². The van der Waals surface area contributed by atoms with Crippen LogP contribution in [0.5, 0.6) is 0 Å². The molecule has 1 aromatic heterocycles. The monoisotopic (exact) mass is 275 g/mol. The smallest absolute Gasteiger partial charge is 0.123 e. The highest BCUT2D eigenvalue weighted by Gasteiger charge is 2.16. The number of rotatable bonds is 2. The molecule has 0 fully saturated rings. The van der Waals surface area contributed by atoms with E-state index in [1.54, 1.807) is 17.4 Å². The summed E-state index contributed by atoms with van der Waals surface area (Å²) < 4.78 is 14.3. The Kier molecular flexibility index (Phi) is 3.67. The SMILES string of the molecule is NC(C1=CCCCCC1)c1cc2cc(F)ccc2s1. The Morgan fingerprint density at radius 2 is 2.05 bits per heavy atom. The van der Waals surface area contributed by atoms with Gasteiger partial charge in [-0.2, -0.15) is 0 Å². The second-order valence-corrected chi connectivity index (χ2v) is 6.30. The van der Waals surface area contributed by atoms with Crippen molar-refractivity contribution in [1.82, 2.24) is 0 Å². The Balaban J connectivity index is 1.92. The Morgan fingerprint density at radius 1 is 1.16 bits per heavy atom. The minimum absolute atomic E-state index is 0.0152. The molecule has 1 unspecified atom stereocenters. The fraction of sp³-hybridized carbons (Fsp3) is 0.375. The number of benzene rings is 1. The standard InChI is InChI=1S/C16H18FNS/c17-13-7-8-14-12(9-13)10-15(19-14)16(18)11-5-3-1-2-4-6-11/h5,7-10,16H,1-4,6,18H2. The summed E-state index contributed by atoms with van der Waals surface area (Å²) in [5.41, 5.74) is 7.74. The van der Waals surface area contributed by atoms with E-state index in [0.717, 1.165) is 27.8 Å². The molecule has 100 valence electrons. The van der Waals surface area contributed by atoms with Crippen LogP contribution in [0.25, 0.3) is 10.1 Å². The lowest BCUT2D eigenvalue weighted by Gasteiger charge is -2.13. The van der Waals surface area contributed by atoms with Gasteiger partial charge in [0, 0.05) is 9.58 Å². The Morgan fingerprint density at radius 3 is 2.95 bits per heavy atom. The summed E-state index contributed by atoms with van der Waals surface area (Å²) in [6.45, 7) is 0. The summed E-state index contributed by atoms with van der Waals surface area (Å²) in [5.74, 6) is -0.181. The second-order valence-electron chi connectivity index (χ2n) is 5.19. The molecular weight excluding hydrogens is 257 g/mol. The Labute approximate surface area is 116 Å². The van der Waals surface area contributed by atoms with E-state index in [1.807, 2.05) is 12.1 Å². The maximum absolute atomic E-state index is 13.2. The number of nitrogens with two attached hydrogens (primary N) is 1. The van der Waals surface area contributed by atoms with E-state index >= 15 is 0 Å². The molecule has 2 N–H and O–H groups in total. The van der Waals surface area contributed by atoms with Crippen LogP contribution >= 0.6 is 11.3 Å². The van der Waals surface area contributed by atoms with E-state index < -0.39 is 0 Å². The predicted octanol–water partition coefficient (Wildman–Crippen LogP) is 4.93. The van der Waals surface area contributed by atoms with E-state index in [1.165, 1.54) is 30.9 Å². The van der Waals surface area contributed by atoms with Crippen molar-refractivity contribution in [3.63, 3.8) is 0 Å². The third-order valence-electron chi connectivity index (χ3n) is 3.78. The van der Waals surface area contributed by atoms with Crippen LogP contribution in [0.3, 0.4) is 0 Å². The van der Waals surface area contributed by atoms with Crippen molar-refractivity contribution in [2.24, 2.45) is 5.73 Å². The summed E-state index contributed by atoms with van der Waals surface area (Å²) in [4.78, 5) is 1.15. The summed E-state index contributed by atoms with van der Waals surface area (Å²) in [7, 11) is 0. The molecular formula is C16H18FNS. The van der Waals surface area contributed by atoms with Gasteiger partial charge in [0.25, 0.3) is 0 Å². The quantitative estimate of drug-likeness (QED) is 0.773.